The summed E-state index contributed by atoms with van der Waals surface area (Å²) in [5.74, 6) is -0.377. The van der Waals surface area contributed by atoms with Crippen LogP contribution in [-0.4, -0.2) is 42.7 Å². The van der Waals surface area contributed by atoms with E-state index in [1.165, 1.54) is 21.3 Å². The number of nitrogens with zero attached hydrogens (tertiary/aromatic N) is 1. The molecule has 0 spiro atoms. The highest BCUT2D eigenvalue weighted by molar-refractivity contribution is 6.60. The van der Waals surface area contributed by atoms with Gasteiger partial charge in [0.1, 0.15) is 6.61 Å². The molecule has 0 fully saturated rings. The number of hydrogen-bond acceptors (Lipinski definition) is 6. The molecular weight excluding hydrogens is 230 g/mol. The summed E-state index contributed by atoms with van der Waals surface area (Å²) >= 11 is 0. The van der Waals surface area contributed by atoms with Crippen molar-refractivity contribution in [3.63, 3.8) is 0 Å². The second kappa shape index (κ2) is 8.24. The van der Waals surface area contributed by atoms with Gasteiger partial charge in [0.25, 0.3) is 0 Å². The van der Waals surface area contributed by atoms with Crippen LogP contribution >= 0.6 is 0 Å². The van der Waals surface area contributed by atoms with Crippen molar-refractivity contribution in [3.05, 3.63) is 0 Å². The van der Waals surface area contributed by atoms with Gasteiger partial charge in [-0.1, -0.05) is 0 Å². The van der Waals surface area contributed by atoms with Crippen LogP contribution in [0.1, 0.15) is 12.8 Å². The van der Waals surface area contributed by atoms with Gasteiger partial charge in [0, 0.05) is 33.8 Å². The Morgan fingerprint density at radius 3 is 2.25 bits per heavy atom. The molecule has 0 radical (unpaired) electrons. The number of carbonyl (C=O) groups is 1. The van der Waals surface area contributed by atoms with Crippen LogP contribution in [0.2, 0.25) is 6.04 Å². The second-order valence-electron chi connectivity index (χ2n) is 2.92. The molecule has 0 N–H and O–H groups in total. The van der Waals surface area contributed by atoms with Crippen molar-refractivity contribution in [2.75, 3.05) is 27.9 Å². The molecule has 0 bridgehead atoms. The molecule has 7 heteroatoms. The summed E-state index contributed by atoms with van der Waals surface area (Å²) in [6.45, 7) is 0.122. The van der Waals surface area contributed by atoms with Crippen molar-refractivity contribution in [2.45, 2.75) is 18.9 Å². The smallest absolute Gasteiger partial charge is 0.465 e. The predicted molar refractivity (Wildman–Crippen MR) is 57.4 cm³/mol. The topological polar surface area (TPSA) is 77.8 Å². The maximum absolute atomic E-state index is 11.2. The number of esters is 1. The van der Waals surface area contributed by atoms with E-state index in [4.69, 9.17) is 23.3 Å². The number of nitriles is 1. The Bertz CT molecular complexity index is 241. The molecular formula is C9H17NO5Si. The van der Waals surface area contributed by atoms with Gasteiger partial charge in [-0.25, -0.2) is 0 Å². The van der Waals surface area contributed by atoms with Crippen LogP contribution in [0.5, 0.6) is 0 Å². The lowest BCUT2D eigenvalue weighted by Crippen LogP contribution is -2.43. The lowest BCUT2D eigenvalue weighted by Gasteiger charge is -2.23. The first-order valence-corrected chi connectivity index (χ1v) is 6.75. The lowest BCUT2D eigenvalue weighted by molar-refractivity contribution is -0.143. The van der Waals surface area contributed by atoms with E-state index in [1.54, 1.807) is 0 Å². The van der Waals surface area contributed by atoms with Gasteiger partial charge in [0.05, 0.1) is 12.5 Å². The maximum atomic E-state index is 11.2. The Labute approximate surface area is 96.4 Å². The zero-order chi connectivity index (χ0) is 12.4. The monoisotopic (exact) mass is 247 g/mol. The molecule has 0 saturated carbocycles. The van der Waals surface area contributed by atoms with E-state index in [0.717, 1.165) is 0 Å². The van der Waals surface area contributed by atoms with Gasteiger partial charge in [-0.05, 0) is 0 Å². The number of carbonyl (C=O) groups excluding carboxylic acids is 1. The fourth-order valence-electron chi connectivity index (χ4n) is 1.09. The van der Waals surface area contributed by atoms with E-state index in [0.29, 0.717) is 6.04 Å². The van der Waals surface area contributed by atoms with Gasteiger partial charge in [-0.15, -0.1) is 0 Å². The first-order valence-electron chi connectivity index (χ1n) is 4.82. The summed E-state index contributed by atoms with van der Waals surface area (Å²) in [5, 5.41) is 8.26. The molecule has 0 aromatic heterocycles. The van der Waals surface area contributed by atoms with Crippen molar-refractivity contribution in [1.82, 2.24) is 0 Å². The van der Waals surface area contributed by atoms with Crippen molar-refractivity contribution in [3.8, 4) is 6.07 Å². The normalized spacial score (nSPS) is 10.9. The van der Waals surface area contributed by atoms with Gasteiger partial charge < -0.3 is 18.0 Å². The highest BCUT2D eigenvalue weighted by Crippen LogP contribution is 2.15. The van der Waals surface area contributed by atoms with Gasteiger partial charge in [-0.2, -0.15) is 5.26 Å². The van der Waals surface area contributed by atoms with Crippen LogP contribution in [0.3, 0.4) is 0 Å². The third-order valence-electron chi connectivity index (χ3n) is 2.05. The summed E-state index contributed by atoms with van der Waals surface area (Å²) in [6, 6.07) is 2.25. The molecule has 0 rings (SSSR count). The number of hydrogen-bond donors (Lipinski definition) is 0. The van der Waals surface area contributed by atoms with Crippen LogP contribution in [0.25, 0.3) is 0 Å². The van der Waals surface area contributed by atoms with Gasteiger partial charge in [0.2, 0.25) is 0 Å². The Hall–Kier alpha value is -0.943. The summed E-state index contributed by atoms with van der Waals surface area (Å²) in [7, 11) is 1.77. The van der Waals surface area contributed by atoms with Crippen LogP contribution in [0.15, 0.2) is 0 Å². The minimum atomic E-state index is -2.69. The van der Waals surface area contributed by atoms with Gasteiger partial charge >= 0.3 is 14.8 Å². The zero-order valence-corrected chi connectivity index (χ0v) is 10.8. The SMILES string of the molecule is CO[Si](CCC(=O)OCCC#N)(OC)OC. The van der Waals surface area contributed by atoms with Crippen LogP contribution in [0, 0.1) is 11.3 Å². The Balaban J connectivity index is 3.93. The molecule has 0 atom stereocenters. The highest BCUT2D eigenvalue weighted by atomic mass is 28.4. The first-order chi connectivity index (χ1) is 7.64. The van der Waals surface area contributed by atoms with Crippen LogP contribution in [0.4, 0.5) is 0 Å². The third kappa shape index (κ3) is 5.23. The molecule has 0 aromatic carbocycles. The van der Waals surface area contributed by atoms with E-state index in [1.807, 2.05) is 6.07 Å². The Kier molecular flexibility index (Phi) is 7.75. The fourth-order valence-corrected chi connectivity index (χ4v) is 2.72. The van der Waals surface area contributed by atoms with Crippen molar-refractivity contribution >= 4 is 14.8 Å². The summed E-state index contributed by atoms with van der Waals surface area (Å²) in [5.41, 5.74) is 0. The van der Waals surface area contributed by atoms with Crippen molar-refractivity contribution in [1.29, 1.82) is 5.26 Å². The van der Waals surface area contributed by atoms with Gasteiger partial charge in [-0.3, -0.25) is 4.79 Å². The molecule has 0 unspecified atom stereocenters. The molecule has 0 aliphatic rings. The molecule has 0 saturated heterocycles. The summed E-state index contributed by atoms with van der Waals surface area (Å²) < 4.78 is 20.2. The Morgan fingerprint density at radius 2 is 1.81 bits per heavy atom. The number of rotatable bonds is 8. The zero-order valence-electron chi connectivity index (χ0n) is 9.82. The van der Waals surface area contributed by atoms with Gasteiger partial charge in [0.15, 0.2) is 0 Å². The largest absolute Gasteiger partial charge is 0.500 e. The lowest BCUT2D eigenvalue weighted by atomic mass is 10.5. The van der Waals surface area contributed by atoms with Crippen molar-refractivity contribution < 1.29 is 22.8 Å². The van der Waals surface area contributed by atoms with E-state index in [9.17, 15) is 4.79 Å². The molecule has 6 nitrogen and oxygen atoms in total. The second-order valence-corrected chi connectivity index (χ2v) is 6.01. The van der Waals surface area contributed by atoms with E-state index >= 15 is 0 Å². The fraction of sp³-hybridized carbons (Fsp3) is 0.778. The minimum absolute atomic E-state index is 0.122. The van der Waals surface area contributed by atoms with E-state index in [-0.39, 0.29) is 25.4 Å². The van der Waals surface area contributed by atoms with E-state index in [2.05, 4.69) is 0 Å². The average Bonchev–Trinajstić information content (AvgIpc) is 2.32. The summed E-state index contributed by atoms with van der Waals surface area (Å²) in [6.07, 6.45) is 0.361. The standard InChI is InChI=1S/C9H17NO5Si/c1-12-16(13-2,14-3)8-5-9(11)15-7-4-6-10/h4-5,7-8H2,1-3H3. The van der Waals surface area contributed by atoms with Crippen molar-refractivity contribution in [2.24, 2.45) is 0 Å². The quantitative estimate of drug-likeness (QED) is 0.357. The van der Waals surface area contributed by atoms with Crippen LogP contribution in [-0.2, 0) is 22.8 Å². The molecule has 92 valence electrons. The molecule has 16 heavy (non-hydrogen) atoms. The average molecular weight is 247 g/mol. The minimum Gasteiger partial charge on any atom is -0.465 e. The molecule has 0 aliphatic carbocycles. The molecule has 0 heterocycles. The van der Waals surface area contributed by atoms with E-state index < -0.39 is 8.80 Å². The van der Waals surface area contributed by atoms with Crippen LogP contribution < -0.4 is 0 Å². The first kappa shape index (κ1) is 15.1. The maximum Gasteiger partial charge on any atom is 0.500 e. The predicted octanol–water partition coefficient (Wildman–Crippen LogP) is 0.711. The third-order valence-corrected chi connectivity index (χ3v) is 4.77. The number of ether oxygens (including phenoxy) is 1. The summed E-state index contributed by atoms with van der Waals surface area (Å²) in [4.78, 5) is 11.2. The molecule has 0 aliphatic heterocycles. The highest BCUT2D eigenvalue weighted by Gasteiger charge is 2.38. The molecule has 0 amide bonds. The Morgan fingerprint density at radius 1 is 1.25 bits per heavy atom. The molecule has 0 aromatic rings.